The van der Waals surface area contributed by atoms with Crippen LogP contribution < -0.4 is 4.74 Å². The normalized spacial score (nSPS) is 16.9. The Labute approximate surface area is 162 Å². The minimum Gasteiger partial charge on any atom is -0.490 e. The van der Waals surface area contributed by atoms with E-state index in [4.69, 9.17) is 9.47 Å². The number of benzene rings is 2. The van der Waals surface area contributed by atoms with Crippen molar-refractivity contribution in [3.8, 4) is 5.75 Å². The first-order valence-electron chi connectivity index (χ1n) is 9.61. The van der Waals surface area contributed by atoms with Gasteiger partial charge < -0.3 is 9.47 Å². The fourth-order valence-corrected chi connectivity index (χ4v) is 3.33. The van der Waals surface area contributed by atoms with Gasteiger partial charge in [0.1, 0.15) is 18.5 Å². The summed E-state index contributed by atoms with van der Waals surface area (Å²) in [6.07, 6.45) is 0.146. The van der Waals surface area contributed by atoms with E-state index in [1.165, 1.54) is 0 Å². The summed E-state index contributed by atoms with van der Waals surface area (Å²) in [5.41, 5.74) is 3.18. The highest BCUT2D eigenvalue weighted by Crippen LogP contribution is 2.36. The van der Waals surface area contributed by atoms with Crippen LogP contribution in [0.5, 0.6) is 5.75 Å². The smallest absolute Gasteiger partial charge is 0.197 e. The van der Waals surface area contributed by atoms with Gasteiger partial charge in [-0.3, -0.25) is 4.79 Å². The van der Waals surface area contributed by atoms with E-state index in [-0.39, 0.29) is 22.7 Å². The van der Waals surface area contributed by atoms with Crippen molar-refractivity contribution in [1.82, 2.24) is 0 Å². The Morgan fingerprint density at radius 2 is 1.56 bits per heavy atom. The van der Waals surface area contributed by atoms with Crippen molar-refractivity contribution < 1.29 is 14.3 Å². The van der Waals surface area contributed by atoms with Crippen LogP contribution in [0.15, 0.2) is 42.5 Å². The first-order chi connectivity index (χ1) is 12.6. The van der Waals surface area contributed by atoms with Crippen LogP contribution in [0, 0.1) is 0 Å². The van der Waals surface area contributed by atoms with E-state index in [0.717, 1.165) is 23.3 Å². The number of ether oxygens (including phenoxy) is 2. The maximum Gasteiger partial charge on any atom is 0.197 e. The molecule has 3 nitrogen and oxygen atoms in total. The molecule has 1 unspecified atom stereocenters. The number of carbonyl (C=O) groups is 1. The predicted molar refractivity (Wildman–Crippen MR) is 109 cm³/mol. The van der Waals surface area contributed by atoms with Gasteiger partial charge in [0.25, 0.3) is 0 Å². The number of carbonyl (C=O) groups excluding carboxylic acids is 1. The molecule has 0 N–H and O–H groups in total. The molecule has 2 aromatic rings. The summed E-state index contributed by atoms with van der Waals surface area (Å²) >= 11 is 0. The van der Waals surface area contributed by atoms with Crippen LogP contribution in [0.3, 0.4) is 0 Å². The lowest BCUT2D eigenvalue weighted by Gasteiger charge is -2.26. The van der Waals surface area contributed by atoms with Gasteiger partial charge in [-0.15, -0.1) is 0 Å². The number of ketones is 1. The molecule has 0 aromatic heterocycles. The average Bonchev–Trinajstić information content (AvgIpc) is 3.42. The lowest BCUT2D eigenvalue weighted by atomic mass is 9.78. The zero-order valence-corrected chi connectivity index (χ0v) is 17.3. The van der Waals surface area contributed by atoms with E-state index in [1.54, 1.807) is 0 Å². The Hall–Kier alpha value is -2.13. The molecule has 0 saturated carbocycles. The molecule has 0 spiro atoms. The maximum absolute atomic E-state index is 13.8. The highest BCUT2D eigenvalue weighted by molar-refractivity contribution is 6.13. The second-order valence-electron chi connectivity index (χ2n) is 9.32. The molecule has 27 heavy (non-hydrogen) atoms. The highest BCUT2D eigenvalue weighted by Gasteiger charge is 2.30. The van der Waals surface area contributed by atoms with Gasteiger partial charge in [0.15, 0.2) is 5.78 Å². The largest absolute Gasteiger partial charge is 0.490 e. The minimum absolute atomic E-state index is 0.0257. The second-order valence-corrected chi connectivity index (χ2v) is 9.32. The van der Waals surface area contributed by atoms with Gasteiger partial charge in [0.2, 0.25) is 0 Å². The summed E-state index contributed by atoms with van der Waals surface area (Å²) in [7, 11) is 0. The van der Waals surface area contributed by atoms with Crippen molar-refractivity contribution in [3.63, 3.8) is 0 Å². The van der Waals surface area contributed by atoms with E-state index in [9.17, 15) is 4.79 Å². The fraction of sp³-hybridized carbons (Fsp3) is 0.458. The second kappa shape index (κ2) is 7.12. The van der Waals surface area contributed by atoms with Gasteiger partial charge >= 0.3 is 0 Å². The molecule has 1 aliphatic heterocycles. The van der Waals surface area contributed by atoms with Crippen LogP contribution in [-0.4, -0.2) is 25.1 Å². The molecular formula is C24H30O3. The van der Waals surface area contributed by atoms with Crippen LogP contribution in [0.4, 0.5) is 0 Å². The average molecular weight is 367 g/mol. The summed E-state index contributed by atoms with van der Waals surface area (Å²) in [6.45, 7) is 14.0. The van der Waals surface area contributed by atoms with Crippen LogP contribution >= 0.6 is 0 Å². The van der Waals surface area contributed by atoms with Crippen molar-refractivity contribution in [3.05, 3.63) is 64.7 Å². The molecule has 1 heterocycles. The standard InChI is InChI=1S/C24H30O3/c1-23(2,3)18-11-8-7-10-17(18)22(25)21-19(24(4,5)6)12-9-13-20(21)27-15-16-14-26-16/h7-13,16H,14-15H2,1-6H3. The minimum atomic E-state index is -0.170. The summed E-state index contributed by atoms with van der Waals surface area (Å²) in [5.74, 6) is 0.671. The Balaban J connectivity index is 2.13. The monoisotopic (exact) mass is 366 g/mol. The predicted octanol–water partition coefficient (Wildman–Crippen LogP) is 5.29. The first-order valence-corrected chi connectivity index (χ1v) is 9.61. The number of epoxide rings is 1. The zero-order valence-electron chi connectivity index (χ0n) is 17.3. The van der Waals surface area contributed by atoms with Gasteiger partial charge in [-0.2, -0.15) is 0 Å². The molecule has 0 radical (unpaired) electrons. The van der Waals surface area contributed by atoms with Crippen molar-refractivity contribution in [2.24, 2.45) is 0 Å². The number of hydrogen-bond acceptors (Lipinski definition) is 3. The molecule has 3 heteroatoms. The fourth-order valence-electron chi connectivity index (χ4n) is 3.33. The molecular weight excluding hydrogens is 336 g/mol. The summed E-state index contributed by atoms with van der Waals surface area (Å²) in [5, 5.41) is 0. The lowest BCUT2D eigenvalue weighted by Crippen LogP contribution is -2.22. The van der Waals surface area contributed by atoms with Crippen LogP contribution in [0.1, 0.15) is 68.6 Å². The third kappa shape index (κ3) is 4.41. The molecule has 1 aliphatic rings. The number of rotatable bonds is 5. The van der Waals surface area contributed by atoms with Gasteiger partial charge in [0, 0.05) is 5.56 Å². The summed E-state index contributed by atoms with van der Waals surface area (Å²) < 4.78 is 11.3. The van der Waals surface area contributed by atoms with Gasteiger partial charge in [-0.05, 0) is 28.0 Å². The maximum atomic E-state index is 13.8. The molecule has 3 rings (SSSR count). The zero-order chi connectivity index (χ0) is 19.8. The SMILES string of the molecule is CC(C)(C)c1ccccc1C(=O)c1c(OCC2CO2)cccc1C(C)(C)C. The molecule has 144 valence electrons. The van der Waals surface area contributed by atoms with Crippen molar-refractivity contribution >= 4 is 5.78 Å². The molecule has 0 aliphatic carbocycles. The summed E-state index contributed by atoms with van der Waals surface area (Å²) in [6, 6.07) is 13.8. The van der Waals surface area contributed by atoms with E-state index < -0.39 is 0 Å². The van der Waals surface area contributed by atoms with Crippen molar-refractivity contribution in [1.29, 1.82) is 0 Å². The molecule has 1 atom stereocenters. The number of hydrogen-bond donors (Lipinski definition) is 0. The van der Waals surface area contributed by atoms with E-state index in [2.05, 4.69) is 41.5 Å². The van der Waals surface area contributed by atoms with Crippen molar-refractivity contribution in [2.45, 2.75) is 58.5 Å². The molecule has 1 fully saturated rings. The topological polar surface area (TPSA) is 38.8 Å². The van der Waals surface area contributed by atoms with Crippen LogP contribution in [0.25, 0.3) is 0 Å². The van der Waals surface area contributed by atoms with Gasteiger partial charge in [0.05, 0.1) is 12.2 Å². The molecule has 0 amide bonds. The van der Waals surface area contributed by atoms with Gasteiger partial charge in [-0.1, -0.05) is 77.9 Å². The third-order valence-electron chi connectivity index (χ3n) is 4.87. The van der Waals surface area contributed by atoms with Gasteiger partial charge in [-0.25, -0.2) is 0 Å². The Morgan fingerprint density at radius 1 is 0.963 bits per heavy atom. The Kier molecular flexibility index (Phi) is 5.18. The quantitative estimate of drug-likeness (QED) is 0.533. The Bertz CT molecular complexity index is 833. The van der Waals surface area contributed by atoms with Crippen LogP contribution in [0.2, 0.25) is 0 Å². The van der Waals surface area contributed by atoms with E-state index in [0.29, 0.717) is 17.9 Å². The highest BCUT2D eigenvalue weighted by atomic mass is 16.6. The van der Waals surface area contributed by atoms with Crippen molar-refractivity contribution in [2.75, 3.05) is 13.2 Å². The van der Waals surface area contributed by atoms with E-state index >= 15 is 0 Å². The van der Waals surface area contributed by atoms with E-state index in [1.807, 2.05) is 42.5 Å². The molecule has 0 bridgehead atoms. The third-order valence-corrected chi connectivity index (χ3v) is 4.87. The summed E-state index contributed by atoms with van der Waals surface area (Å²) in [4.78, 5) is 13.8. The molecule has 1 saturated heterocycles. The van der Waals surface area contributed by atoms with Crippen LogP contribution in [-0.2, 0) is 15.6 Å². The lowest BCUT2D eigenvalue weighted by molar-refractivity contribution is 0.103. The first kappa shape index (κ1) is 19.6. The molecule has 2 aromatic carbocycles. The Morgan fingerprint density at radius 3 is 2.15 bits per heavy atom.